The summed E-state index contributed by atoms with van der Waals surface area (Å²) in [5.41, 5.74) is 3.91. The van der Waals surface area contributed by atoms with E-state index < -0.39 is 18.2 Å². The molecule has 278 valence electrons. The number of phenols is 1. The molecule has 13 nitrogen and oxygen atoms in total. The van der Waals surface area contributed by atoms with E-state index >= 15 is 0 Å². The van der Waals surface area contributed by atoms with Crippen LogP contribution in [0.1, 0.15) is 27.0 Å². The second kappa shape index (κ2) is 15.9. The lowest BCUT2D eigenvalue weighted by atomic mass is 9.98. The van der Waals surface area contributed by atoms with Gasteiger partial charge >= 0.3 is 6.03 Å². The highest BCUT2D eigenvalue weighted by Crippen LogP contribution is 2.32. The summed E-state index contributed by atoms with van der Waals surface area (Å²) in [5.74, 6) is -0.522. The third kappa shape index (κ3) is 7.91. The Morgan fingerprint density at radius 1 is 0.962 bits per heavy atom. The number of carbonyl (C=O) groups is 4. The van der Waals surface area contributed by atoms with Gasteiger partial charge in [-0.05, 0) is 42.9 Å². The first-order chi connectivity index (χ1) is 25.5. The monoisotopic (exact) mass is 720 g/mol. The van der Waals surface area contributed by atoms with Crippen LogP contribution in [0, 0.1) is 0 Å². The van der Waals surface area contributed by atoms with E-state index in [4.69, 9.17) is 0 Å². The SMILES string of the molecule is C=CCN1CC(=O)N2[C@@H](Cc3ccc(O)cc3)C(=O)N(Cc3cccc4c(C(=O)N(C)CCN(C)C)cn(C)c34)C[C@@H]2N1C(=O)NCc1ccccc1. The largest absolute Gasteiger partial charge is 0.508 e. The average molecular weight is 721 g/mol. The van der Waals surface area contributed by atoms with Gasteiger partial charge in [-0.15, -0.1) is 6.58 Å². The summed E-state index contributed by atoms with van der Waals surface area (Å²) >= 11 is 0. The summed E-state index contributed by atoms with van der Waals surface area (Å²) in [6.07, 6.45) is 2.85. The minimum Gasteiger partial charge on any atom is -0.508 e. The average Bonchev–Trinajstić information content (AvgIpc) is 3.49. The smallest absolute Gasteiger partial charge is 0.334 e. The molecule has 0 aliphatic carbocycles. The lowest BCUT2D eigenvalue weighted by Gasteiger charge is -2.55. The molecular weight excluding hydrogens is 672 g/mol. The van der Waals surface area contributed by atoms with Crippen LogP contribution < -0.4 is 5.32 Å². The van der Waals surface area contributed by atoms with Gasteiger partial charge in [0.1, 0.15) is 18.0 Å². The van der Waals surface area contributed by atoms with E-state index in [0.717, 1.165) is 34.1 Å². The van der Waals surface area contributed by atoms with Crippen molar-refractivity contribution in [3.8, 4) is 5.75 Å². The van der Waals surface area contributed by atoms with Gasteiger partial charge in [-0.25, -0.2) is 14.8 Å². The number of nitrogens with zero attached hydrogens (tertiary/aromatic N) is 7. The van der Waals surface area contributed by atoms with Crippen LogP contribution in [0.2, 0.25) is 0 Å². The number of para-hydroxylation sites is 1. The van der Waals surface area contributed by atoms with E-state index in [2.05, 4.69) is 11.9 Å². The first kappa shape index (κ1) is 37.1. The number of aromatic hydroxyl groups is 1. The van der Waals surface area contributed by atoms with Crippen molar-refractivity contribution < 1.29 is 24.3 Å². The number of hydrogen-bond donors (Lipinski definition) is 2. The number of aryl methyl sites for hydroxylation is 1. The van der Waals surface area contributed by atoms with Gasteiger partial charge in [0.2, 0.25) is 11.8 Å². The molecular formula is C40H48N8O5. The highest BCUT2D eigenvalue weighted by atomic mass is 16.3. The van der Waals surface area contributed by atoms with Crippen molar-refractivity contribution in [2.24, 2.45) is 7.05 Å². The maximum Gasteiger partial charge on any atom is 0.334 e. The van der Waals surface area contributed by atoms with Gasteiger partial charge in [0.05, 0.1) is 24.2 Å². The molecule has 3 heterocycles. The number of nitrogens with one attached hydrogen (secondary N) is 1. The molecule has 0 unspecified atom stereocenters. The first-order valence-corrected chi connectivity index (χ1v) is 17.8. The predicted molar refractivity (Wildman–Crippen MR) is 202 cm³/mol. The highest BCUT2D eigenvalue weighted by molar-refractivity contribution is 6.07. The van der Waals surface area contributed by atoms with Crippen LogP contribution in [0.3, 0.4) is 0 Å². The molecule has 2 aliphatic heterocycles. The molecule has 2 N–H and O–H groups in total. The molecule has 0 spiro atoms. The summed E-state index contributed by atoms with van der Waals surface area (Å²) in [4.78, 5) is 63.3. The van der Waals surface area contributed by atoms with Gasteiger partial charge in [-0.1, -0.05) is 66.7 Å². The zero-order valence-corrected chi connectivity index (χ0v) is 30.8. The number of urea groups is 1. The fraction of sp³-hybridized carbons (Fsp3) is 0.350. The van der Waals surface area contributed by atoms with Gasteiger partial charge in [-0.2, -0.15) is 0 Å². The van der Waals surface area contributed by atoms with E-state index in [1.807, 2.05) is 85.3 Å². The van der Waals surface area contributed by atoms with Gasteiger partial charge in [0, 0.05) is 64.8 Å². The van der Waals surface area contributed by atoms with Gasteiger partial charge in [0.15, 0.2) is 0 Å². The molecule has 0 radical (unpaired) electrons. The number of aromatic nitrogens is 1. The Hall–Kier alpha value is -5.66. The molecule has 0 bridgehead atoms. The second-order valence-electron chi connectivity index (χ2n) is 14.0. The molecule has 4 aromatic rings. The Bertz CT molecular complexity index is 1980. The maximum absolute atomic E-state index is 14.6. The molecule has 2 atom stereocenters. The number of hydrogen-bond acceptors (Lipinski definition) is 7. The van der Waals surface area contributed by atoms with Crippen molar-refractivity contribution in [3.05, 3.63) is 114 Å². The van der Waals surface area contributed by atoms with Crippen molar-refractivity contribution in [1.29, 1.82) is 0 Å². The normalized spacial score (nSPS) is 17.7. The molecule has 1 aromatic heterocycles. The summed E-state index contributed by atoms with van der Waals surface area (Å²) in [6.45, 7) is 5.83. The number of likely N-dealkylation sites (N-methyl/N-ethyl adjacent to an activating group) is 2. The highest BCUT2D eigenvalue weighted by Gasteiger charge is 2.51. The Kier molecular flexibility index (Phi) is 11.2. The summed E-state index contributed by atoms with van der Waals surface area (Å²) in [5, 5.41) is 17.0. The van der Waals surface area contributed by atoms with E-state index in [0.29, 0.717) is 12.1 Å². The summed E-state index contributed by atoms with van der Waals surface area (Å²) < 4.78 is 1.92. The fourth-order valence-electron chi connectivity index (χ4n) is 7.27. The van der Waals surface area contributed by atoms with Crippen molar-refractivity contribution in [1.82, 2.24) is 39.5 Å². The van der Waals surface area contributed by atoms with E-state index in [9.17, 15) is 24.3 Å². The minimum absolute atomic E-state index is 0.0585. The minimum atomic E-state index is -0.920. The number of piperazine rings is 1. The Labute approximate surface area is 310 Å². The van der Waals surface area contributed by atoms with Crippen molar-refractivity contribution in [2.45, 2.75) is 31.7 Å². The summed E-state index contributed by atoms with van der Waals surface area (Å²) in [6, 6.07) is 20.6. The molecule has 0 saturated carbocycles. The predicted octanol–water partition coefficient (Wildman–Crippen LogP) is 3.25. The Balaban J connectivity index is 1.36. The van der Waals surface area contributed by atoms with Crippen LogP contribution in [0.25, 0.3) is 10.9 Å². The molecule has 2 saturated heterocycles. The van der Waals surface area contributed by atoms with Crippen LogP contribution >= 0.6 is 0 Å². The van der Waals surface area contributed by atoms with Crippen LogP contribution in [0.4, 0.5) is 4.79 Å². The standard InChI is InChI=1S/C40H48N8O5/c1-6-19-46-27-36(50)47-34(22-28-15-17-31(49)18-16-28)39(52)45(26-35(47)48(46)40(53)41-23-29-11-8-7-9-12-29)24-30-13-10-14-32-33(25-44(5)37(30)32)38(51)43(4)21-20-42(2)3/h6-18,25,34-35,49H,1,19-24,26-27H2,2-5H3,(H,41,53)/t34-,35-/m0/s1. The second-order valence-corrected chi connectivity index (χ2v) is 14.0. The fourth-order valence-corrected chi connectivity index (χ4v) is 7.27. The number of hydrazine groups is 1. The van der Waals surface area contributed by atoms with Gasteiger partial charge < -0.3 is 34.6 Å². The number of carbonyl (C=O) groups excluding carboxylic acids is 4. The van der Waals surface area contributed by atoms with E-state index in [-0.39, 0.29) is 62.6 Å². The number of rotatable bonds is 12. The van der Waals surface area contributed by atoms with Gasteiger partial charge in [0.25, 0.3) is 5.91 Å². The molecule has 53 heavy (non-hydrogen) atoms. The van der Waals surface area contributed by atoms with Crippen LogP contribution in [0.15, 0.2) is 91.6 Å². The maximum atomic E-state index is 14.6. The third-order valence-electron chi connectivity index (χ3n) is 9.94. The quantitative estimate of drug-likeness (QED) is 0.216. The Morgan fingerprint density at radius 3 is 2.40 bits per heavy atom. The lowest BCUT2D eigenvalue weighted by molar-refractivity contribution is -0.189. The number of fused-ring (bicyclic) bond motifs is 2. The molecule has 6 rings (SSSR count). The summed E-state index contributed by atoms with van der Waals surface area (Å²) in [7, 11) is 7.62. The van der Waals surface area contributed by atoms with Crippen molar-refractivity contribution in [3.63, 3.8) is 0 Å². The topological polar surface area (TPSA) is 125 Å². The van der Waals surface area contributed by atoms with Crippen LogP contribution in [-0.2, 0) is 36.1 Å². The molecule has 2 fully saturated rings. The van der Waals surface area contributed by atoms with Crippen LogP contribution in [0.5, 0.6) is 5.75 Å². The van der Waals surface area contributed by atoms with E-state index in [1.165, 1.54) is 0 Å². The van der Waals surface area contributed by atoms with E-state index in [1.54, 1.807) is 62.1 Å². The lowest BCUT2D eigenvalue weighted by Crippen LogP contribution is -2.76. The molecule has 2 aliphatic rings. The van der Waals surface area contributed by atoms with Crippen molar-refractivity contribution >= 4 is 34.7 Å². The number of amides is 5. The van der Waals surface area contributed by atoms with Crippen LogP contribution in [-0.4, -0.2) is 129 Å². The Morgan fingerprint density at radius 2 is 1.70 bits per heavy atom. The molecule has 13 heteroatoms. The molecule has 5 amide bonds. The first-order valence-electron chi connectivity index (χ1n) is 17.8. The number of benzene rings is 3. The third-order valence-corrected chi connectivity index (χ3v) is 9.94. The van der Waals surface area contributed by atoms with Gasteiger partial charge in [-0.3, -0.25) is 14.4 Å². The zero-order valence-electron chi connectivity index (χ0n) is 30.8. The molecule has 3 aromatic carbocycles. The zero-order chi connectivity index (χ0) is 37.8. The van der Waals surface area contributed by atoms with Crippen molar-refractivity contribution in [2.75, 3.05) is 53.9 Å². The number of phenolic OH excluding ortho intramolecular Hbond substituents is 1.